The van der Waals surface area contributed by atoms with Crippen LogP contribution < -0.4 is 9.80 Å². The summed E-state index contributed by atoms with van der Waals surface area (Å²) in [5.41, 5.74) is 2.25. The zero-order chi connectivity index (χ0) is 12.5. The van der Waals surface area contributed by atoms with Crippen LogP contribution in [0.5, 0.6) is 0 Å². The minimum atomic E-state index is -0.763. The maximum absolute atomic E-state index is 10.9. The van der Waals surface area contributed by atoms with E-state index in [1.165, 1.54) is 18.5 Å². The van der Waals surface area contributed by atoms with Crippen molar-refractivity contribution >= 4 is 17.3 Å². The molecular weight excluding hydrogens is 228 g/mol. The molecule has 1 N–H and O–H groups in total. The topological polar surface area (TPSA) is 43.8 Å². The molecule has 18 heavy (non-hydrogen) atoms. The molecule has 1 aromatic carbocycles. The van der Waals surface area contributed by atoms with Crippen LogP contribution >= 0.6 is 0 Å². The number of hydrogen-bond acceptors (Lipinski definition) is 3. The van der Waals surface area contributed by atoms with E-state index in [2.05, 4.69) is 11.0 Å². The van der Waals surface area contributed by atoms with Crippen LogP contribution in [0.3, 0.4) is 0 Å². The fourth-order valence-corrected chi connectivity index (χ4v) is 2.61. The number of aliphatic carboxylic acids is 1. The van der Waals surface area contributed by atoms with Crippen molar-refractivity contribution in [2.75, 3.05) is 36.0 Å². The van der Waals surface area contributed by atoms with Crippen LogP contribution in [-0.2, 0) is 4.79 Å². The van der Waals surface area contributed by atoms with Crippen molar-refractivity contribution < 1.29 is 9.90 Å². The second kappa shape index (κ2) is 4.52. The molecule has 1 heterocycles. The summed E-state index contributed by atoms with van der Waals surface area (Å²) in [5, 5.41) is 8.96. The Morgan fingerprint density at radius 3 is 2.39 bits per heavy atom. The molecule has 0 saturated heterocycles. The summed E-state index contributed by atoms with van der Waals surface area (Å²) in [5.74, 6) is 0.0875. The fraction of sp³-hybridized carbons (Fsp3) is 0.500. The molecule has 0 bridgehead atoms. The summed E-state index contributed by atoms with van der Waals surface area (Å²) in [7, 11) is 0. The fourth-order valence-electron chi connectivity index (χ4n) is 2.61. The van der Waals surface area contributed by atoms with Crippen LogP contribution in [0.2, 0.25) is 0 Å². The largest absolute Gasteiger partial charge is 0.480 e. The Balaban J connectivity index is 1.84. The van der Waals surface area contributed by atoms with Crippen molar-refractivity contribution in [3.63, 3.8) is 0 Å². The number of carbonyl (C=O) groups is 1. The highest BCUT2D eigenvalue weighted by atomic mass is 16.4. The van der Waals surface area contributed by atoms with E-state index >= 15 is 0 Å². The maximum Gasteiger partial charge on any atom is 0.323 e. The van der Waals surface area contributed by atoms with E-state index in [4.69, 9.17) is 5.11 Å². The van der Waals surface area contributed by atoms with Crippen LogP contribution in [0.15, 0.2) is 24.3 Å². The van der Waals surface area contributed by atoms with Gasteiger partial charge in [-0.05, 0) is 30.9 Å². The number of hydrogen-bond donors (Lipinski definition) is 1. The molecule has 0 aromatic heterocycles. The van der Waals surface area contributed by atoms with Gasteiger partial charge in [0.25, 0.3) is 0 Å². The van der Waals surface area contributed by atoms with Crippen molar-refractivity contribution in [3.8, 4) is 0 Å². The normalized spacial score (nSPS) is 18.7. The maximum atomic E-state index is 10.9. The molecule has 1 aliphatic carbocycles. The van der Waals surface area contributed by atoms with Crippen LogP contribution in [0.25, 0.3) is 0 Å². The molecule has 1 aromatic rings. The Morgan fingerprint density at radius 1 is 1.17 bits per heavy atom. The van der Waals surface area contributed by atoms with Gasteiger partial charge in [0, 0.05) is 19.6 Å². The Bertz CT molecular complexity index is 457. The highest BCUT2D eigenvalue weighted by molar-refractivity contribution is 5.80. The van der Waals surface area contributed by atoms with Gasteiger partial charge < -0.3 is 14.9 Å². The van der Waals surface area contributed by atoms with E-state index in [0.29, 0.717) is 0 Å². The second-order valence-electron chi connectivity index (χ2n) is 5.19. The first kappa shape index (κ1) is 11.4. The van der Waals surface area contributed by atoms with Gasteiger partial charge in [0.15, 0.2) is 0 Å². The number of carboxylic acids is 1. The van der Waals surface area contributed by atoms with Gasteiger partial charge in [0.2, 0.25) is 0 Å². The third-order valence-corrected chi connectivity index (χ3v) is 3.70. The molecule has 0 amide bonds. The molecule has 96 valence electrons. The first-order chi connectivity index (χ1) is 8.74. The van der Waals surface area contributed by atoms with Crippen LogP contribution in [0.1, 0.15) is 12.8 Å². The van der Waals surface area contributed by atoms with Gasteiger partial charge in [-0.15, -0.1) is 0 Å². The van der Waals surface area contributed by atoms with Crippen LogP contribution in [0, 0.1) is 5.92 Å². The van der Waals surface area contributed by atoms with Crippen LogP contribution in [0.4, 0.5) is 11.4 Å². The highest BCUT2D eigenvalue weighted by Gasteiger charge is 2.29. The van der Waals surface area contributed by atoms with Gasteiger partial charge in [-0.3, -0.25) is 4.79 Å². The molecule has 1 saturated carbocycles. The van der Waals surface area contributed by atoms with Gasteiger partial charge in [-0.2, -0.15) is 0 Å². The van der Waals surface area contributed by atoms with Gasteiger partial charge in [-0.1, -0.05) is 12.1 Å². The third-order valence-electron chi connectivity index (χ3n) is 3.70. The molecule has 0 atom stereocenters. The lowest BCUT2D eigenvalue weighted by Crippen LogP contribution is -2.43. The minimum Gasteiger partial charge on any atom is -0.480 e. The standard InChI is InChI=1S/C14H18N2O2/c17-14(18)10-16-8-7-15(9-11-5-6-11)12-3-1-2-4-13(12)16/h1-4,11H,5-10H2,(H,17,18). The van der Waals surface area contributed by atoms with Gasteiger partial charge in [-0.25, -0.2) is 0 Å². The molecule has 4 nitrogen and oxygen atoms in total. The summed E-state index contributed by atoms with van der Waals surface area (Å²) in [6.45, 7) is 2.95. The first-order valence-corrected chi connectivity index (χ1v) is 6.55. The summed E-state index contributed by atoms with van der Waals surface area (Å²) in [6.07, 6.45) is 2.69. The minimum absolute atomic E-state index is 0.0915. The number of nitrogens with zero attached hydrogens (tertiary/aromatic N) is 2. The number of rotatable bonds is 4. The lowest BCUT2D eigenvalue weighted by atomic mass is 10.1. The zero-order valence-corrected chi connectivity index (χ0v) is 10.4. The molecule has 1 aliphatic heterocycles. The number of fused-ring (bicyclic) bond motifs is 1. The highest BCUT2D eigenvalue weighted by Crippen LogP contribution is 2.37. The summed E-state index contributed by atoms with van der Waals surface area (Å²) >= 11 is 0. The van der Waals surface area contributed by atoms with E-state index in [0.717, 1.165) is 31.2 Å². The van der Waals surface area contributed by atoms with Crippen LogP contribution in [-0.4, -0.2) is 37.3 Å². The third kappa shape index (κ3) is 2.28. The van der Waals surface area contributed by atoms with E-state index < -0.39 is 5.97 Å². The SMILES string of the molecule is O=C(O)CN1CCN(CC2CC2)c2ccccc21. The molecule has 2 aliphatic rings. The summed E-state index contributed by atoms with van der Waals surface area (Å²) < 4.78 is 0. The molecule has 0 radical (unpaired) electrons. The van der Waals surface area contributed by atoms with Crippen molar-refractivity contribution in [2.45, 2.75) is 12.8 Å². The Morgan fingerprint density at radius 2 is 1.78 bits per heavy atom. The lowest BCUT2D eigenvalue weighted by molar-refractivity contribution is -0.135. The van der Waals surface area contributed by atoms with Crippen molar-refractivity contribution in [1.29, 1.82) is 0 Å². The van der Waals surface area contributed by atoms with Crippen molar-refractivity contribution in [1.82, 2.24) is 0 Å². The average molecular weight is 246 g/mol. The molecule has 0 unspecified atom stereocenters. The molecule has 0 spiro atoms. The Labute approximate surface area is 107 Å². The molecule has 1 fully saturated rings. The Hall–Kier alpha value is -1.71. The Kier molecular flexibility index (Phi) is 2.86. The van der Waals surface area contributed by atoms with Gasteiger partial charge >= 0.3 is 5.97 Å². The predicted molar refractivity (Wildman–Crippen MR) is 71.2 cm³/mol. The van der Waals surface area contributed by atoms with E-state index in [1.807, 2.05) is 23.1 Å². The predicted octanol–water partition coefficient (Wildman–Crippen LogP) is 1.81. The number of carboxylic acid groups (broad SMARTS) is 1. The molecular formula is C14H18N2O2. The van der Waals surface area contributed by atoms with E-state index in [1.54, 1.807) is 0 Å². The van der Waals surface area contributed by atoms with Gasteiger partial charge in [0.1, 0.15) is 6.54 Å². The quantitative estimate of drug-likeness (QED) is 0.880. The number of benzene rings is 1. The number of anilines is 2. The zero-order valence-electron chi connectivity index (χ0n) is 10.4. The van der Waals surface area contributed by atoms with E-state index in [9.17, 15) is 4.79 Å². The smallest absolute Gasteiger partial charge is 0.323 e. The average Bonchev–Trinajstić information content (AvgIpc) is 3.16. The molecule has 4 heteroatoms. The van der Waals surface area contributed by atoms with E-state index in [-0.39, 0.29) is 6.54 Å². The first-order valence-electron chi connectivity index (χ1n) is 6.55. The van der Waals surface area contributed by atoms with Gasteiger partial charge in [0.05, 0.1) is 11.4 Å². The molecule has 3 rings (SSSR count). The summed E-state index contributed by atoms with van der Waals surface area (Å²) in [6, 6.07) is 8.14. The van der Waals surface area contributed by atoms with Crippen molar-refractivity contribution in [3.05, 3.63) is 24.3 Å². The number of para-hydroxylation sites is 2. The second-order valence-corrected chi connectivity index (χ2v) is 5.19. The van der Waals surface area contributed by atoms with Crippen molar-refractivity contribution in [2.24, 2.45) is 5.92 Å². The lowest BCUT2D eigenvalue weighted by Gasteiger charge is -2.38. The monoisotopic (exact) mass is 246 g/mol. The summed E-state index contributed by atoms with van der Waals surface area (Å²) in [4.78, 5) is 15.3.